The Morgan fingerprint density at radius 2 is 1.71 bits per heavy atom. The van der Waals surface area contributed by atoms with Crippen LogP contribution in [-0.2, 0) is 9.59 Å². The molecule has 28 heavy (non-hydrogen) atoms. The first-order valence-corrected chi connectivity index (χ1v) is 9.90. The largest absolute Gasteiger partial charge is 0.325 e. The highest BCUT2D eigenvalue weighted by molar-refractivity contribution is 8.00. The zero-order chi connectivity index (χ0) is 20.1. The molecule has 0 radical (unpaired) electrons. The number of aromatic nitrogens is 3. The SMILES string of the molecule is CC(Sc1nnc(-c2ccccc2)n1C=O)C(=O)Nc1ccc(C(C)C)cc1. The number of carbonyl (C=O) groups excluding carboxylic acids is 2. The van der Waals surface area contributed by atoms with Gasteiger partial charge in [-0.3, -0.25) is 9.59 Å². The lowest BCUT2D eigenvalue weighted by molar-refractivity contribution is -0.115. The first-order chi connectivity index (χ1) is 13.5. The molecule has 2 aromatic carbocycles. The van der Waals surface area contributed by atoms with Gasteiger partial charge in [0.05, 0.1) is 5.25 Å². The molecule has 0 spiro atoms. The Balaban J connectivity index is 1.70. The van der Waals surface area contributed by atoms with E-state index in [1.165, 1.54) is 21.9 Å². The van der Waals surface area contributed by atoms with Crippen molar-refractivity contribution in [3.8, 4) is 11.4 Å². The number of rotatable bonds is 7. The van der Waals surface area contributed by atoms with Crippen molar-refractivity contribution in [3.05, 3.63) is 60.2 Å². The minimum Gasteiger partial charge on any atom is -0.325 e. The summed E-state index contributed by atoms with van der Waals surface area (Å²) < 4.78 is 1.36. The Hall–Kier alpha value is -2.93. The Kier molecular flexibility index (Phi) is 6.26. The number of carbonyl (C=O) groups is 2. The Labute approximate surface area is 168 Å². The molecule has 1 atom stereocenters. The van der Waals surface area contributed by atoms with Gasteiger partial charge in [-0.2, -0.15) is 0 Å². The molecular formula is C21H22N4O2S. The van der Waals surface area contributed by atoms with Gasteiger partial charge in [0, 0.05) is 11.3 Å². The van der Waals surface area contributed by atoms with E-state index in [4.69, 9.17) is 0 Å². The summed E-state index contributed by atoms with van der Waals surface area (Å²) in [6, 6.07) is 17.1. The van der Waals surface area contributed by atoms with Gasteiger partial charge in [0.15, 0.2) is 11.0 Å². The third-order valence-electron chi connectivity index (χ3n) is 4.30. The first kappa shape index (κ1) is 19.8. The number of amides is 1. The van der Waals surface area contributed by atoms with Gasteiger partial charge in [0.25, 0.3) is 0 Å². The van der Waals surface area contributed by atoms with Crippen LogP contribution in [0.25, 0.3) is 11.4 Å². The van der Waals surface area contributed by atoms with Crippen molar-refractivity contribution in [3.63, 3.8) is 0 Å². The molecule has 0 bridgehead atoms. The summed E-state index contributed by atoms with van der Waals surface area (Å²) in [6.07, 6.45) is 0.667. The smallest absolute Gasteiger partial charge is 0.237 e. The summed E-state index contributed by atoms with van der Waals surface area (Å²) in [4.78, 5) is 24.1. The number of nitrogens with zero attached hydrogens (tertiary/aromatic N) is 3. The van der Waals surface area contributed by atoms with Gasteiger partial charge < -0.3 is 5.32 Å². The molecule has 1 unspecified atom stereocenters. The van der Waals surface area contributed by atoms with Gasteiger partial charge in [-0.25, -0.2) is 4.57 Å². The number of hydrogen-bond donors (Lipinski definition) is 1. The van der Waals surface area contributed by atoms with E-state index in [0.29, 0.717) is 23.3 Å². The fraction of sp³-hybridized carbons (Fsp3) is 0.238. The van der Waals surface area contributed by atoms with Crippen LogP contribution in [0.3, 0.4) is 0 Å². The average molecular weight is 395 g/mol. The molecule has 0 aliphatic rings. The minimum atomic E-state index is -0.448. The normalized spacial score (nSPS) is 12.0. The van der Waals surface area contributed by atoms with Gasteiger partial charge in [0.2, 0.25) is 12.3 Å². The van der Waals surface area contributed by atoms with Crippen molar-refractivity contribution in [2.45, 2.75) is 37.1 Å². The van der Waals surface area contributed by atoms with Crippen molar-refractivity contribution in [1.82, 2.24) is 14.8 Å². The van der Waals surface area contributed by atoms with E-state index in [2.05, 4.69) is 29.4 Å². The number of nitrogens with one attached hydrogen (secondary N) is 1. The molecule has 6 nitrogen and oxygen atoms in total. The van der Waals surface area contributed by atoms with E-state index < -0.39 is 5.25 Å². The quantitative estimate of drug-likeness (QED) is 0.479. The standard InChI is InChI=1S/C21H22N4O2S/c1-14(2)16-9-11-18(12-10-16)22-20(27)15(3)28-21-24-23-19(25(21)13-26)17-7-5-4-6-8-17/h4-15H,1-3H3,(H,22,27). The molecule has 0 saturated heterocycles. The molecule has 3 aromatic rings. The van der Waals surface area contributed by atoms with E-state index in [-0.39, 0.29) is 5.91 Å². The lowest BCUT2D eigenvalue weighted by Gasteiger charge is -2.12. The molecule has 0 fully saturated rings. The summed E-state index contributed by atoms with van der Waals surface area (Å²) in [5.74, 6) is 0.728. The zero-order valence-corrected chi connectivity index (χ0v) is 16.8. The highest BCUT2D eigenvalue weighted by Crippen LogP contribution is 2.26. The molecule has 1 aromatic heterocycles. The lowest BCUT2D eigenvalue weighted by atomic mass is 10.0. The summed E-state index contributed by atoms with van der Waals surface area (Å²) in [5.41, 5.74) is 2.74. The van der Waals surface area contributed by atoms with Crippen LogP contribution in [0.2, 0.25) is 0 Å². The average Bonchev–Trinajstić information content (AvgIpc) is 3.11. The second kappa shape index (κ2) is 8.84. The van der Waals surface area contributed by atoms with Gasteiger partial charge in [-0.1, -0.05) is 68.1 Å². The predicted molar refractivity (Wildman–Crippen MR) is 112 cm³/mol. The number of anilines is 1. The molecular weight excluding hydrogens is 372 g/mol. The fourth-order valence-corrected chi connectivity index (χ4v) is 3.46. The van der Waals surface area contributed by atoms with E-state index in [0.717, 1.165) is 11.3 Å². The van der Waals surface area contributed by atoms with Crippen molar-refractivity contribution in [1.29, 1.82) is 0 Å². The van der Waals surface area contributed by atoms with Crippen LogP contribution < -0.4 is 5.32 Å². The monoisotopic (exact) mass is 394 g/mol. The van der Waals surface area contributed by atoms with E-state index in [1.54, 1.807) is 6.92 Å². The summed E-state index contributed by atoms with van der Waals surface area (Å²) >= 11 is 1.19. The Morgan fingerprint density at radius 1 is 1.04 bits per heavy atom. The summed E-state index contributed by atoms with van der Waals surface area (Å²) in [5, 5.41) is 11.0. The second-order valence-electron chi connectivity index (χ2n) is 6.67. The van der Waals surface area contributed by atoms with Crippen LogP contribution in [0.1, 0.15) is 32.3 Å². The van der Waals surface area contributed by atoms with Crippen molar-refractivity contribution in [2.75, 3.05) is 5.32 Å². The zero-order valence-electron chi connectivity index (χ0n) is 16.0. The maximum Gasteiger partial charge on any atom is 0.237 e. The van der Waals surface area contributed by atoms with Crippen molar-refractivity contribution < 1.29 is 9.59 Å². The topological polar surface area (TPSA) is 76.9 Å². The highest BCUT2D eigenvalue weighted by atomic mass is 32.2. The molecule has 1 N–H and O–H groups in total. The Morgan fingerprint density at radius 3 is 2.32 bits per heavy atom. The molecule has 1 amide bonds. The van der Waals surface area contributed by atoms with Crippen LogP contribution in [0.15, 0.2) is 59.8 Å². The first-order valence-electron chi connectivity index (χ1n) is 9.02. The fourth-order valence-electron chi connectivity index (χ4n) is 2.64. The second-order valence-corrected chi connectivity index (χ2v) is 7.98. The molecule has 7 heteroatoms. The molecule has 1 heterocycles. The maximum absolute atomic E-state index is 12.5. The van der Waals surface area contributed by atoms with Crippen LogP contribution in [-0.4, -0.2) is 32.3 Å². The lowest BCUT2D eigenvalue weighted by Crippen LogP contribution is -2.23. The summed E-state index contributed by atoms with van der Waals surface area (Å²) in [7, 11) is 0. The number of thioether (sulfide) groups is 1. The van der Waals surface area contributed by atoms with Gasteiger partial charge in [-0.05, 0) is 30.5 Å². The Bertz CT molecular complexity index is 952. The van der Waals surface area contributed by atoms with Crippen LogP contribution in [0.4, 0.5) is 5.69 Å². The number of hydrogen-bond acceptors (Lipinski definition) is 5. The van der Waals surface area contributed by atoms with Crippen LogP contribution >= 0.6 is 11.8 Å². The van der Waals surface area contributed by atoms with E-state index in [9.17, 15) is 9.59 Å². The van der Waals surface area contributed by atoms with Crippen LogP contribution in [0.5, 0.6) is 0 Å². The van der Waals surface area contributed by atoms with Gasteiger partial charge in [0.1, 0.15) is 0 Å². The van der Waals surface area contributed by atoms with Crippen molar-refractivity contribution >= 4 is 29.8 Å². The molecule has 0 aliphatic heterocycles. The van der Waals surface area contributed by atoms with Gasteiger partial charge >= 0.3 is 0 Å². The van der Waals surface area contributed by atoms with E-state index in [1.807, 2.05) is 54.6 Å². The molecule has 0 saturated carbocycles. The molecule has 0 aliphatic carbocycles. The number of benzene rings is 2. The van der Waals surface area contributed by atoms with E-state index >= 15 is 0 Å². The third kappa shape index (κ3) is 4.48. The molecule has 144 valence electrons. The highest BCUT2D eigenvalue weighted by Gasteiger charge is 2.21. The van der Waals surface area contributed by atoms with Crippen LogP contribution in [0, 0.1) is 0 Å². The van der Waals surface area contributed by atoms with Gasteiger partial charge in [-0.15, -0.1) is 10.2 Å². The van der Waals surface area contributed by atoms with Crippen molar-refractivity contribution in [2.24, 2.45) is 0 Å². The maximum atomic E-state index is 12.5. The molecule has 3 rings (SSSR count). The summed E-state index contributed by atoms with van der Waals surface area (Å²) in [6.45, 7) is 6.02. The predicted octanol–water partition coefficient (Wildman–Crippen LogP) is 4.23. The minimum absolute atomic E-state index is 0.163. The third-order valence-corrected chi connectivity index (χ3v) is 5.36.